The molecule has 150 valence electrons. The number of carbonyl (C=O) groups excluding carboxylic acids is 2. The molecule has 0 aliphatic rings. The number of anilines is 1. The predicted molar refractivity (Wildman–Crippen MR) is 99.6 cm³/mol. The normalized spacial score (nSPS) is 11.0. The number of esters is 1. The largest absolute Gasteiger partial charge is 0.495 e. The predicted octanol–water partition coefficient (Wildman–Crippen LogP) is 2.19. The standard InChI is InChI=1S/C17H16ClFN2O6S/c1-20-28(24,25)11-4-5-13(19)12(8-11)17(23)27-9-16(22)21-14-7-10(18)3-6-15(14)26-2/h3-8,20H,9H2,1-2H3,(H,21,22). The first kappa shape index (κ1) is 21.6. The van der Waals surface area contributed by atoms with Crippen LogP contribution in [-0.2, 0) is 19.6 Å². The Morgan fingerprint density at radius 1 is 1.18 bits per heavy atom. The average molecular weight is 431 g/mol. The fourth-order valence-electron chi connectivity index (χ4n) is 2.12. The van der Waals surface area contributed by atoms with Gasteiger partial charge in [-0.2, -0.15) is 0 Å². The van der Waals surface area contributed by atoms with Crippen molar-refractivity contribution in [2.75, 3.05) is 26.1 Å². The van der Waals surface area contributed by atoms with Crippen LogP contribution in [0.2, 0.25) is 5.02 Å². The molecular weight excluding hydrogens is 415 g/mol. The van der Waals surface area contributed by atoms with Crippen molar-refractivity contribution < 1.29 is 31.9 Å². The van der Waals surface area contributed by atoms with E-state index >= 15 is 0 Å². The third-order valence-corrected chi connectivity index (χ3v) is 5.15. The third-order valence-electron chi connectivity index (χ3n) is 3.51. The van der Waals surface area contributed by atoms with Crippen molar-refractivity contribution in [3.05, 3.63) is 52.8 Å². The van der Waals surface area contributed by atoms with Gasteiger partial charge < -0.3 is 14.8 Å². The summed E-state index contributed by atoms with van der Waals surface area (Å²) in [6, 6.07) is 7.17. The molecule has 0 saturated heterocycles. The summed E-state index contributed by atoms with van der Waals surface area (Å²) in [7, 11) is -1.32. The lowest BCUT2D eigenvalue weighted by Crippen LogP contribution is -2.22. The number of ether oxygens (including phenoxy) is 2. The van der Waals surface area contributed by atoms with Crippen molar-refractivity contribution in [1.82, 2.24) is 4.72 Å². The minimum Gasteiger partial charge on any atom is -0.495 e. The molecule has 11 heteroatoms. The number of hydrogen-bond acceptors (Lipinski definition) is 6. The molecule has 0 saturated carbocycles. The van der Waals surface area contributed by atoms with E-state index < -0.39 is 39.9 Å². The number of methoxy groups -OCH3 is 1. The summed E-state index contributed by atoms with van der Waals surface area (Å²) in [5, 5.41) is 2.79. The van der Waals surface area contributed by atoms with Gasteiger partial charge in [-0.3, -0.25) is 4.79 Å². The fourth-order valence-corrected chi connectivity index (χ4v) is 3.05. The van der Waals surface area contributed by atoms with Crippen LogP contribution < -0.4 is 14.8 Å². The van der Waals surface area contributed by atoms with Crippen molar-refractivity contribution >= 4 is 39.2 Å². The Balaban J connectivity index is 2.09. The Hall–Kier alpha value is -2.69. The first-order valence-electron chi connectivity index (χ1n) is 7.71. The van der Waals surface area contributed by atoms with Gasteiger partial charge in [0.05, 0.1) is 23.3 Å². The lowest BCUT2D eigenvalue weighted by molar-refractivity contribution is -0.119. The third kappa shape index (κ3) is 5.18. The number of amides is 1. The molecule has 0 aliphatic heterocycles. The zero-order chi connectivity index (χ0) is 20.9. The minimum absolute atomic E-state index is 0.254. The number of carbonyl (C=O) groups is 2. The van der Waals surface area contributed by atoms with Crippen molar-refractivity contribution in [3.63, 3.8) is 0 Å². The first-order chi connectivity index (χ1) is 13.2. The first-order valence-corrected chi connectivity index (χ1v) is 9.57. The van der Waals surface area contributed by atoms with Crippen LogP contribution in [0.5, 0.6) is 5.75 Å². The Morgan fingerprint density at radius 2 is 1.89 bits per heavy atom. The lowest BCUT2D eigenvalue weighted by Gasteiger charge is -2.11. The minimum atomic E-state index is -3.88. The van der Waals surface area contributed by atoms with Crippen molar-refractivity contribution in [1.29, 1.82) is 0 Å². The van der Waals surface area contributed by atoms with Gasteiger partial charge in [-0.15, -0.1) is 0 Å². The zero-order valence-electron chi connectivity index (χ0n) is 14.8. The lowest BCUT2D eigenvalue weighted by atomic mass is 10.2. The molecule has 1 amide bonds. The summed E-state index contributed by atoms with van der Waals surface area (Å²) in [5.41, 5.74) is -0.367. The molecule has 0 spiro atoms. The topological polar surface area (TPSA) is 111 Å². The van der Waals surface area contributed by atoms with Gasteiger partial charge in [0.15, 0.2) is 6.61 Å². The second-order valence-electron chi connectivity index (χ2n) is 5.32. The molecule has 0 aliphatic carbocycles. The number of nitrogens with one attached hydrogen (secondary N) is 2. The molecular formula is C17H16ClFN2O6S. The van der Waals surface area contributed by atoms with Crippen LogP contribution >= 0.6 is 11.6 Å². The number of benzene rings is 2. The van der Waals surface area contributed by atoms with Crippen molar-refractivity contribution in [2.45, 2.75) is 4.90 Å². The van der Waals surface area contributed by atoms with Crippen LogP contribution in [0.4, 0.5) is 10.1 Å². The van der Waals surface area contributed by atoms with Gasteiger partial charge >= 0.3 is 5.97 Å². The molecule has 0 atom stereocenters. The van der Waals surface area contributed by atoms with Gasteiger partial charge in [0.2, 0.25) is 10.0 Å². The Bertz CT molecular complexity index is 1010. The molecule has 8 nitrogen and oxygen atoms in total. The average Bonchev–Trinajstić information content (AvgIpc) is 2.66. The number of hydrogen-bond donors (Lipinski definition) is 2. The molecule has 2 N–H and O–H groups in total. The molecule has 2 rings (SSSR count). The highest BCUT2D eigenvalue weighted by Crippen LogP contribution is 2.27. The molecule has 2 aromatic carbocycles. The van der Waals surface area contributed by atoms with E-state index in [0.29, 0.717) is 10.8 Å². The van der Waals surface area contributed by atoms with E-state index in [4.69, 9.17) is 21.1 Å². The van der Waals surface area contributed by atoms with Gasteiger partial charge in [0, 0.05) is 5.02 Å². The Labute approximate surface area is 165 Å². The van der Waals surface area contributed by atoms with Gasteiger partial charge in [-0.1, -0.05) is 11.6 Å². The maximum atomic E-state index is 13.9. The molecule has 28 heavy (non-hydrogen) atoms. The number of halogens is 2. The molecule has 0 unspecified atom stereocenters. The van der Waals surface area contributed by atoms with Crippen LogP contribution in [0, 0.1) is 5.82 Å². The van der Waals surface area contributed by atoms with Crippen molar-refractivity contribution in [2.24, 2.45) is 0 Å². The second-order valence-corrected chi connectivity index (χ2v) is 7.64. The van der Waals surface area contributed by atoms with Gasteiger partial charge in [0.25, 0.3) is 5.91 Å². The maximum Gasteiger partial charge on any atom is 0.341 e. The van der Waals surface area contributed by atoms with Gasteiger partial charge in [-0.05, 0) is 43.4 Å². The number of rotatable bonds is 7. The van der Waals surface area contributed by atoms with Crippen molar-refractivity contribution in [3.8, 4) is 5.75 Å². The van der Waals surface area contributed by atoms with E-state index in [1.807, 2.05) is 4.72 Å². The van der Waals surface area contributed by atoms with E-state index in [1.165, 1.54) is 26.3 Å². The molecule has 0 aromatic heterocycles. The van der Waals surface area contributed by atoms with E-state index in [9.17, 15) is 22.4 Å². The molecule has 2 aromatic rings. The summed E-state index contributed by atoms with van der Waals surface area (Å²) in [6.45, 7) is -0.739. The molecule has 0 fully saturated rings. The monoisotopic (exact) mass is 430 g/mol. The van der Waals surface area contributed by atoms with E-state index in [0.717, 1.165) is 18.2 Å². The smallest absolute Gasteiger partial charge is 0.341 e. The van der Waals surface area contributed by atoms with Gasteiger partial charge in [-0.25, -0.2) is 22.3 Å². The van der Waals surface area contributed by atoms with Gasteiger partial charge in [0.1, 0.15) is 11.6 Å². The highest BCUT2D eigenvalue weighted by atomic mass is 35.5. The fraction of sp³-hybridized carbons (Fsp3) is 0.176. The summed E-state index contributed by atoms with van der Waals surface area (Å²) >= 11 is 5.86. The highest BCUT2D eigenvalue weighted by molar-refractivity contribution is 7.89. The van der Waals surface area contributed by atoms with E-state index in [-0.39, 0.29) is 10.6 Å². The Morgan fingerprint density at radius 3 is 2.54 bits per heavy atom. The highest BCUT2D eigenvalue weighted by Gasteiger charge is 2.20. The van der Waals surface area contributed by atoms with Crippen LogP contribution in [0.3, 0.4) is 0 Å². The maximum absolute atomic E-state index is 13.9. The summed E-state index contributed by atoms with van der Waals surface area (Å²) in [6.07, 6.45) is 0. The van der Waals surface area contributed by atoms with Crippen LogP contribution in [0.15, 0.2) is 41.3 Å². The number of sulfonamides is 1. The molecule has 0 heterocycles. The molecule has 0 bridgehead atoms. The van der Waals surface area contributed by atoms with Crippen LogP contribution in [0.25, 0.3) is 0 Å². The SMILES string of the molecule is CNS(=O)(=O)c1ccc(F)c(C(=O)OCC(=O)Nc2cc(Cl)ccc2OC)c1. The summed E-state index contributed by atoms with van der Waals surface area (Å²) in [4.78, 5) is 23.7. The molecule has 0 radical (unpaired) electrons. The zero-order valence-corrected chi connectivity index (χ0v) is 16.4. The van der Waals surface area contributed by atoms with Crippen LogP contribution in [0.1, 0.15) is 10.4 Å². The summed E-state index contributed by atoms with van der Waals surface area (Å²) < 4.78 is 49.3. The van der Waals surface area contributed by atoms with E-state index in [2.05, 4.69) is 5.32 Å². The second kappa shape index (κ2) is 9.00. The summed E-state index contributed by atoms with van der Waals surface area (Å²) in [5.74, 6) is -2.58. The van der Waals surface area contributed by atoms with Crippen LogP contribution in [-0.4, -0.2) is 41.1 Å². The quantitative estimate of drug-likeness (QED) is 0.651. The van der Waals surface area contributed by atoms with E-state index in [1.54, 1.807) is 6.07 Å². The Kier molecular flexibility index (Phi) is 6.95.